The predicted octanol–water partition coefficient (Wildman–Crippen LogP) is 6.40. The molecule has 334 valence electrons. The molecule has 4 N–H and O–H groups in total. The van der Waals surface area contributed by atoms with Gasteiger partial charge in [-0.1, -0.05) is 30.3 Å². The number of nitrogens with one attached hydrogen (secondary N) is 4. The van der Waals surface area contributed by atoms with Gasteiger partial charge in [-0.05, 0) is 121 Å². The molecule has 0 radical (unpaired) electrons. The number of hydrogen-bond donors (Lipinski definition) is 4. The summed E-state index contributed by atoms with van der Waals surface area (Å²) in [6.07, 6.45) is 7.05. The summed E-state index contributed by atoms with van der Waals surface area (Å²) in [5.41, 5.74) is 5.73. The topological polar surface area (TPSA) is 193 Å². The molecule has 6 aliphatic rings. The quantitative estimate of drug-likeness (QED) is 0.122. The van der Waals surface area contributed by atoms with Crippen LogP contribution in [0.3, 0.4) is 0 Å². The number of carbonyl (C=O) groups excluding carboxylic acids is 4. The van der Waals surface area contributed by atoms with Gasteiger partial charge in [0, 0.05) is 44.1 Å². The monoisotopic (exact) mass is 870 g/mol. The van der Waals surface area contributed by atoms with E-state index in [1.807, 2.05) is 22.1 Å². The molecule has 16 heteroatoms. The number of imidazole rings is 2. The molecule has 3 aromatic carbocycles. The van der Waals surface area contributed by atoms with Crippen molar-refractivity contribution >= 4 is 45.8 Å². The summed E-state index contributed by atoms with van der Waals surface area (Å²) in [5.74, 6) is 2.18. The van der Waals surface area contributed by atoms with E-state index in [0.717, 1.165) is 81.5 Å². The highest BCUT2D eigenvalue weighted by molar-refractivity contribution is 5.92. The third-order valence-electron chi connectivity index (χ3n) is 14.9. The summed E-state index contributed by atoms with van der Waals surface area (Å²) in [6, 6.07) is 17.6. The van der Waals surface area contributed by atoms with Crippen molar-refractivity contribution in [3.8, 4) is 22.4 Å². The highest BCUT2D eigenvalue weighted by atomic mass is 16.5. The summed E-state index contributed by atoms with van der Waals surface area (Å²) in [7, 11) is 2.64. The van der Waals surface area contributed by atoms with Gasteiger partial charge in [0.25, 0.3) is 0 Å². The highest BCUT2D eigenvalue weighted by Gasteiger charge is 2.58. The van der Waals surface area contributed by atoms with Crippen molar-refractivity contribution in [3.63, 3.8) is 0 Å². The van der Waals surface area contributed by atoms with E-state index < -0.39 is 24.3 Å². The number of benzene rings is 3. The van der Waals surface area contributed by atoms with Crippen LogP contribution >= 0.6 is 0 Å². The zero-order valence-corrected chi connectivity index (χ0v) is 36.1. The van der Waals surface area contributed by atoms with Crippen molar-refractivity contribution in [2.75, 3.05) is 40.6 Å². The molecule has 11 rings (SSSR count). The third-order valence-corrected chi connectivity index (χ3v) is 14.9. The van der Waals surface area contributed by atoms with Gasteiger partial charge in [0.1, 0.15) is 23.7 Å². The zero-order valence-electron chi connectivity index (χ0n) is 36.1. The summed E-state index contributed by atoms with van der Waals surface area (Å²) in [4.78, 5) is 74.3. The maximum atomic E-state index is 14.3. The van der Waals surface area contributed by atoms with Crippen molar-refractivity contribution in [3.05, 3.63) is 72.4 Å². The van der Waals surface area contributed by atoms with E-state index in [1.165, 1.54) is 14.2 Å². The molecule has 5 aromatic rings. The molecule has 4 aliphatic heterocycles. The lowest BCUT2D eigenvalue weighted by atomic mass is 9.90. The van der Waals surface area contributed by atoms with E-state index in [4.69, 9.17) is 28.9 Å². The second-order valence-electron chi connectivity index (χ2n) is 18.6. The minimum atomic E-state index is -0.680. The van der Waals surface area contributed by atoms with Crippen LogP contribution in [0.15, 0.2) is 60.8 Å². The Bertz CT molecular complexity index is 2620. The van der Waals surface area contributed by atoms with Gasteiger partial charge in [0.2, 0.25) is 11.8 Å². The minimum absolute atomic E-state index is 0.0248. The van der Waals surface area contributed by atoms with Crippen LogP contribution in [0.25, 0.3) is 44.2 Å². The largest absolute Gasteiger partial charge is 0.453 e. The van der Waals surface area contributed by atoms with Crippen LogP contribution in [-0.2, 0) is 28.5 Å². The van der Waals surface area contributed by atoms with Gasteiger partial charge in [-0.3, -0.25) is 9.59 Å². The van der Waals surface area contributed by atoms with Gasteiger partial charge in [-0.25, -0.2) is 19.6 Å². The molecule has 4 saturated heterocycles. The smallest absolute Gasteiger partial charge is 0.407 e. The fourth-order valence-electron chi connectivity index (χ4n) is 11.2. The molecular formula is C48H54N8O8. The minimum Gasteiger partial charge on any atom is -0.453 e. The molecule has 6 fully saturated rings. The van der Waals surface area contributed by atoms with Crippen LogP contribution < -0.4 is 10.6 Å². The van der Waals surface area contributed by atoms with E-state index in [0.29, 0.717) is 63.9 Å². The molecule has 2 aromatic heterocycles. The number of amides is 4. The Hall–Kier alpha value is -6.00. The summed E-state index contributed by atoms with van der Waals surface area (Å²) in [5, 5.41) is 7.90. The number of piperidine rings is 2. The zero-order chi connectivity index (χ0) is 43.6. The number of carbonyl (C=O) groups is 4. The molecule has 4 amide bonds. The molecular weight excluding hydrogens is 817 g/mol. The Labute approximate surface area is 370 Å². The Kier molecular flexibility index (Phi) is 10.5. The maximum Gasteiger partial charge on any atom is 0.407 e. The average Bonchev–Trinajstić information content (AvgIpc) is 3.95. The van der Waals surface area contributed by atoms with Gasteiger partial charge in [0.15, 0.2) is 0 Å². The van der Waals surface area contributed by atoms with Crippen LogP contribution in [0.4, 0.5) is 9.59 Å². The second kappa shape index (κ2) is 16.5. The second-order valence-corrected chi connectivity index (χ2v) is 18.6. The number of likely N-dealkylation sites (tertiary alicyclic amines) is 2. The Morgan fingerprint density at radius 2 is 1.17 bits per heavy atom. The van der Waals surface area contributed by atoms with Gasteiger partial charge in [-0.2, -0.15) is 0 Å². The molecule has 8 atom stereocenters. The van der Waals surface area contributed by atoms with Crippen LogP contribution in [0.2, 0.25) is 0 Å². The first-order valence-electron chi connectivity index (χ1n) is 22.8. The Morgan fingerprint density at radius 3 is 1.75 bits per heavy atom. The molecule has 64 heavy (non-hydrogen) atoms. The Morgan fingerprint density at radius 1 is 0.656 bits per heavy atom. The average molecular weight is 871 g/mol. The van der Waals surface area contributed by atoms with Crippen molar-refractivity contribution in [2.45, 2.75) is 87.6 Å². The van der Waals surface area contributed by atoms with Crippen molar-refractivity contribution < 1.29 is 38.1 Å². The van der Waals surface area contributed by atoms with E-state index >= 15 is 0 Å². The van der Waals surface area contributed by atoms with E-state index in [1.54, 1.807) is 0 Å². The van der Waals surface area contributed by atoms with Crippen molar-refractivity contribution in [2.24, 2.45) is 23.7 Å². The first kappa shape index (κ1) is 40.8. The number of ether oxygens (including phenoxy) is 4. The van der Waals surface area contributed by atoms with E-state index in [2.05, 4.69) is 69.1 Å². The number of aromatic nitrogens is 4. The summed E-state index contributed by atoms with van der Waals surface area (Å²) < 4.78 is 21.0. The molecule has 2 saturated carbocycles. The first-order valence-corrected chi connectivity index (χ1v) is 22.8. The maximum absolute atomic E-state index is 14.3. The van der Waals surface area contributed by atoms with Gasteiger partial charge in [0.05, 0.1) is 49.2 Å². The summed E-state index contributed by atoms with van der Waals surface area (Å²) in [6.45, 7) is 2.25. The normalized spacial score (nSPS) is 26.3. The van der Waals surface area contributed by atoms with Crippen LogP contribution in [0, 0.1) is 23.7 Å². The third kappa shape index (κ3) is 7.53. The number of alkyl carbamates (subject to hydrolysis) is 2. The van der Waals surface area contributed by atoms with Crippen molar-refractivity contribution in [1.82, 2.24) is 40.4 Å². The SMILES string of the molecule is COC(=O)N[C@H](C(=O)N1[C@@H]2C[C@@H]2C[C@H]1c1ncc(-c2ccc3cc(-c4ccc5nc([C@@H]6C[C@H]7C[C@H]7N6C(=O)[C@@H](NC(=O)OC)C6CCOCC6)[nH]c5c4)ccc3c2)[nH]1)C1CCOCC1. The van der Waals surface area contributed by atoms with Crippen LogP contribution in [0.1, 0.15) is 75.1 Å². The molecule has 16 nitrogen and oxygen atoms in total. The standard InChI is InChI=1S/C48H54N8O8/c1-61-47(59)53-41(25-9-13-63-14-10-25)45(57)55-37-20-32(37)22-39(55)43-49-24-36(52-43)31-6-5-27-17-28(3-4-29(27)18-31)30-7-8-34-35(19-30)51-44(50-34)40-23-33-21-38(33)56(40)46(58)42(54-48(60)62-2)26-11-15-64-16-12-26/h3-8,17-19,24-26,32-33,37-42H,9-16,20-23H2,1-2H3,(H,49,52)(H,50,51)(H,53,59)(H,54,60)/t32-,33-,37-,38-,39+,40+,41+,42+/m1/s1. The molecule has 0 spiro atoms. The van der Waals surface area contributed by atoms with Crippen LogP contribution in [-0.4, -0.2) is 119 Å². The highest BCUT2D eigenvalue weighted by Crippen LogP contribution is 2.55. The van der Waals surface area contributed by atoms with Gasteiger partial charge < -0.3 is 49.3 Å². The van der Waals surface area contributed by atoms with E-state index in [9.17, 15) is 19.2 Å². The molecule has 0 bridgehead atoms. The lowest BCUT2D eigenvalue weighted by Gasteiger charge is -2.35. The number of hydrogen-bond acceptors (Lipinski definition) is 10. The predicted molar refractivity (Wildman–Crippen MR) is 235 cm³/mol. The lowest BCUT2D eigenvalue weighted by Crippen LogP contribution is -2.54. The van der Waals surface area contributed by atoms with Crippen LogP contribution in [0.5, 0.6) is 0 Å². The first-order chi connectivity index (χ1) is 31.2. The number of fused-ring (bicyclic) bond motifs is 4. The Balaban J connectivity index is 0.804. The van der Waals surface area contributed by atoms with E-state index in [-0.39, 0.29) is 47.8 Å². The fraction of sp³-hybridized carbons (Fsp3) is 0.500. The number of aromatic amines is 2. The molecule has 2 aliphatic carbocycles. The van der Waals surface area contributed by atoms with Gasteiger partial charge >= 0.3 is 12.2 Å². The number of methoxy groups -OCH3 is 2. The lowest BCUT2D eigenvalue weighted by molar-refractivity contribution is -0.138. The molecule has 0 unspecified atom stereocenters. The number of nitrogens with zero attached hydrogens (tertiary/aromatic N) is 4. The fourth-order valence-corrected chi connectivity index (χ4v) is 11.2. The molecule has 6 heterocycles. The van der Waals surface area contributed by atoms with Crippen molar-refractivity contribution in [1.29, 1.82) is 0 Å². The van der Waals surface area contributed by atoms with Gasteiger partial charge in [-0.15, -0.1) is 0 Å². The summed E-state index contributed by atoms with van der Waals surface area (Å²) >= 11 is 0. The number of rotatable bonds is 10. The number of H-pyrrole nitrogens is 2.